The summed E-state index contributed by atoms with van der Waals surface area (Å²) in [5.74, 6) is 0.900. The number of hydrogen-bond donors (Lipinski definition) is 2. The lowest BCUT2D eigenvalue weighted by Crippen LogP contribution is -2.44. The lowest BCUT2D eigenvalue weighted by Gasteiger charge is -2.19. The van der Waals surface area contributed by atoms with E-state index in [2.05, 4.69) is 24.5 Å². The third kappa shape index (κ3) is 7.36. The fourth-order valence-electron chi connectivity index (χ4n) is 0.988. The Morgan fingerprint density at radius 2 is 1.76 bits per heavy atom. The normalized spacial score (nSPS) is 15.5. The Balaban J connectivity index is 3.84. The summed E-state index contributed by atoms with van der Waals surface area (Å²) in [7, 11) is -0.918. The summed E-state index contributed by atoms with van der Waals surface area (Å²) in [6, 6.07) is -0.0415. The van der Waals surface area contributed by atoms with Gasteiger partial charge in [0.15, 0.2) is 0 Å². The smallest absolute Gasteiger partial charge is 0.315 e. The van der Waals surface area contributed by atoms with Crippen LogP contribution in [0.3, 0.4) is 0 Å². The standard InChI is InChI=1S/C12H26N2O2S/c1-9(2)10(3)14-11(15)13-7-8-17(16)12(4,5)6/h9-10H,7-8H2,1-6H3,(H2,13,14,15). The molecular weight excluding hydrogens is 236 g/mol. The van der Waals surface area contributed by atoms with E-state index in [4.69, 9.17) is 0 Å². The predicted octanol–water partition coefficient (Wildman–Crippen LogP) is 1.88. The van der Waals surface area contributed by atoms with Gasteiger partial charge in [-0.1, -0.05) is 13.8 Å². The first-order valence-electron chi connectivity index (χ1n) is 6.07. The van der Waals surface area contributed by atoms with Gasteiger partial charge in [-0.2, -0.15) is 0 Å². The van der Waals surface area contributed by atoms with Crippen molar-refractivity contribution < 1.29 is 9.00 Å². The van der Waals surface area contributed by atoms with E-state index >= 15 is 0 Å². The molecule has 2 atom stereocenters. The second-order valence-electron chi connectivity index (χ2n) is 5.59. The van der Waals surface area contributed by atoms with E-state index in [1.54, 1.807) is 0 Å². The summed E-state index contributed by atoms with van der Waals surface area (Å²) in [6.07, 6.45) is 0. The Bertz CT molecular complexity index is 272. The molecule has 2 N–H and O–H groups in total. The number of nitrogens with one attached hydrogen (secondary N) is 2. The van der Waals surface area contributed by atoms with Crippen molar-refractivity contribution in [3.63, 3.8) is 0 Å². The Morgan fingerprint density at radius 3 is 2.18 bits per heavy atom. The molecule has 0 fully saturated rings. The van der Waals surface area contributed by atoms with Crippen molar-refractivity contribution in [1.29, 1.82) is 0 Å². The monoisotopic (exact) mass is 262 g/mol. The van der Waals surface area contributed by atoms with Gasteiger partial charge in [0, 0.05) is 33.9 Å². The molecule has 0 bridgehead atoms. The first-order chi connectivity index (χ1) is 7.64. The second-order valence-corrected chi connectivity index (χ2v) is 7.92. The largest absolute Gasteiger partial charge is 0.337 e. The molecule has 0 saturated carbocycles. The highest BCUT2D eigenvalue weighted by atomic mass is 32.2. The number of amides is 2. The highest BCUT2D eigenvalue weighted by molar-refractivity contribution is 7.86. The number of rotatable bonds is 5. The van der Waals surface area contributed by atoms with Crippen molar-refractivity contribution >= 4 is 16.8 Å². The fraction of sp³-hybridized carbons (Fsp3) is 0.917. The van der Waals surface area contributed by atoms with Crippen LogP contribution in [0.4, 0.5) is 4.79 Å². The maximum absolute atomic E-state index is 11.7. The van der Waals surface area contributed by atoms with E-state index in [1.165, 1.54) is 0 Å². The third-order valence-electron chi connectivity index (χ3n) is 2.61. The van der Waals surface area contributed by atoms with Crippen molar-refractivity contribution in [2.75, 3.05) is 12.3 Å². The van der Waals surface area contributed by atoms with Gasteiger partial charge in [0.2, 0.25) is 0 Å². The van der Waals surface area contributed by atoms with Crippen LogP contribution in [0.25, 0.3) is 0 Å². The third-order valence-corrected chi connectivity index (χ3v) is 4.56. The molecule has 0 saturated heterocycles. The van der Waals surface area contributed by atoms with Crippen molar-refractivity contribution in [1.82, 2.24) is 10.6 Å². The van der Waals surface area contributed by atoms with Crippen LogP contribution in [-0.2, 0) is 10.8 Å². The van der Waals surface area contributed by atoms with Crippen LogP contribution in [0, 0.1) is 5.92 Å². The Hall–Kier alpha value is -0.580. The maximum atomic E-state index is 11.7. The van der Waals surface area contributed by atoms with Crippen molar-refractivity contribution in [3.8, 4) is 0 Å². The average molecular weight is 262 g/mol. The van der Waals surface area contributed by atoms with Gasteiger partial charge in [0.1, 0.15) is 0 Å². The molecule has 0 rings (SSSR count). The Kier molecular flexibility index (Phi) is 6.75. The van der Waals surface area contributed by atoms with Gasteiger partial charge in [-0.15, -0.1) is 0 Å². The molecule has 0 heterocycles. The molecule has 17 heavy (non-hydrogen) atoms. The molecule has 0 aliphatic heterocycles. The van der Waals surface area contributed by atoms with E-state index in [1.807, 2.05) is 27.7 Å². The van der Waals surface area contributed by atoms with Crippen LogP contribution in [0.1, 0.15) is 41.5 Å². The molecule has 0 radical (unpaired) electrons. The number of hydrogen-bond acceptors (Lipinski definition) is 2. The topological polar surface area (TPSA) is 58.2 Å². The minimum Gasteiger partial charge on any atom is -0.337 e. The zero-order chi connectivity index (χ0) is 13.6. The molecule has 0 aromatic rings. The fourth-order valence-corrected chi connectivity index (χ4v) is 1.89. The molecule has 2 unspecified atom stereocenters. The van der Waals surface area contributed by atoms with Gasteiger partial charge in [-0.05, 0) is 33.6 Å². The first kappa shape index (κ1) is 16.4. The number of carbonyl (C=O) groups excluding carboxylic acids is 1. The lowest BCUT2D eigenvalue weighted by molar-refractivity contribution is 0.235. The molecule has 102 valence electrons. The van der Waals surface area contributed by atoms with E-state index in [-0.39, 0.29) is 16.8 Å². The molecule has 2 amide bonds. The summed E-state index contributed by atoms with van der Waals surface area (Å²) < 4.78 is 11.5. The van der Waals surface area contributed by atoms with E-state index in [0.29, 0.717) is 18.2 Å². The SMILES string of the molecule is CC(C)C(C)NC(=O)NCCS(=O)C(C)(C)C. The molecule has 0 spiro atoms. The van der Waals surface area contributed by atoms with Gasteiger partial charge in [0.05, 0.1) is 0 Å². The van der Waals surface area contributed by atoms with Gasteiger partial charge in [-0.3, -0.25) is 4.21 Å². The van der Waals surface area contributed by atoms with E-state index in [9.17, 15) is 9.00 Å². The van der Waals surface area contributed by atoms with Crippen LogP contribution < -0.4 is 10.6 Å². The molecule has 0 aliphatic carbocycles. The lowest BCUT2D eigenvalue weighted by atomic mass is 10.1. The zero-order valence-electron chi connectivity index (χ0n) is 11.8. The van der Waals surface area contributed by atoms with Crippen LogP contribution >= 0.6 is 0 Å². The van der Waals surface area contributed by atoms with Crippen LogP contribution in [-0.4, -0.2) is 33.3 Å². The van der Waals surface area contributed by atoms with Crippen LogP contribution in [0.5, 0.6) is 0 Å². The molecule has 0 aromatic carbocycles. The predicted molar refractivity (Wildman–Crippen MR) is 73.6 cm³/mol. The minimum absolute atomic E-state index is 0.142. The average Bonchev–Trinajstić information content (AvgIpc) is 2.15. The summed E-state index contributed by atoms with van der Waals surface area (Å²) in [5, 5.41) is 5.57. The summed E-state index contributed by atoms with van der Waals surface area (Å²) >= 11 is 0. The number of urea groups is 1. The minimum atomic E-state index is -0.918. The maximum Gasteiger partial charge on any atom is 0.315 e. The summed E-state index contributed by atoms with van der Waals surface area (Å²) in [4.78, 5) is 11.5. The molecule has 5 heteroatoms. The molecule has 0 aliphatic rings. The highest BCUT2D eigenvalue weighted by Gasteiger charge is 2.19. The van der Waals surface area contributed by atoms with E-state index in [0.717, 1.165) is 0 Å². The van der Waals surface area contributed by atoms with Crippen molar-refractivity contribution in [2.45, 2.75) is 52.3 Å². The number of carbonyl (C=O) groups is 1. The second kappa shape index (κ2) is 6.99. The van der Waals surface area contributed by atoms with Crippen LogP contribution in [0.2, 0.25) is 0 Å². The molecule has 0 aromatic heterocycles. The molecular formula is C12H26N2O2S. The quantitative estimate of drug-likeness (QED) is 0.795. The summed E-state index contributed by atoms with van der Waals surface area (Å²) in [5.41, 5.74) is 0. The van der Waals surface area contributed by atoms with E-state index < -0.39 is 10.8 Å². The van der Waals surface area contributed by atoms with Gasteiger partial charge >= 0.3 is 6.03 Å². The summed E-state index contributed by atoms with van der Waals surface area (Å²) in [6.45, 7) is 12.3. The van der Waals surface area contributed by atoms with Gasteiger partial charge < -0.3 is 10.6 Å². The zero-order valence-corrected chi connectivity index (χ0v) is 12.6. The Morgan fingerprint density at radius 1 is 1.24 bits per heavy atom. The van der Waals surface area contributed by atoms with Crippen molar-refractivity contribution in [3.05, 3.63) is 0 Å². The van der Waals surface area contributed by atoms with Gasteiger partial charge in [-0.25, -0.2) is 4.79 Å². The van der Waals surface area contributed by atoms with Crippen molar-refractivity contribution in [2.24, 2.45) is 5.92 Å². The van der Waals surface area contributed by atoms with Crippen LogP contribution in [0.15, 0.2) is 0 Å². The highest BCUT2D eigenvalue weighted by Crippen LogP contribution is 2.10. The molecule has 4 nitrogen and oxygen atoms in total. The first-order valence-corrected chi connectivity index (χ1v) is 7.39. The Labute approximate surface area is 107 Å². The van der Waals surface area contributed by atoms with Gasteiger partial charge in [0.25, 0.3) is 0 Å².